The van der Waals surface area contributed by atoms with Gasteiger partial charge in [-0.1, -0.05) is 0 Å². The van der Waals surface area contributed by atoms with E-state index in [1.54, 1.807) is 0 Å². The van der Waals surface area contributed by atoms with Gasteiger partial charge >= 0.3 is 11.9 Å². The zero-order chi connectivity index (χ0) is 15.7. The molecule has 0 aromatic heterocycles. The molecule has 0 aliphatic carbocycles. The molecule has 0 aliphatic heterocycles. The molecule has 0 rings (SSSR count). The number of aliphatic imine (C=N–C) groups is 1. The van der Waals surface area contributed by atoms with Gasteiger partial charge in [-0.3, -0.25) is 14.6 Å². The quantitative estimate of drug-likeness (QED) is 0.0898. The summed E-state index contributed by atoms with van der Waals surface area (Å²) in [6, 6.07) is -1.38. The van der Waals surface area contributed by atoms with Gasteiger partial charge in [0.1, 0.15) is 6.04 Å². The summed E-state index contributed by atoms with van der Waals surface area (Å²) in [4.78, 5) is 47.9. The molecule has 0 spiro atoms. The van der Waals surface area contributed by atoms with E-state index in [1.807, 2.05) is 0 Å². The van der Waals surface area contributed by atoms with Crippen LogP contribution >= 0.6 is 0 Å². The highest BCUT2D eigenvalue weighted by atomic mass is 16.6. The normalized spacial score (nSPS) is 11.2. The van der Waals surface area contributed by atoms with Crippen LogP contribution in [0.1, 0.15) is 19.3 Å². The summed E-state index contributed by atoms with van der Waals surface area (Å²) in [6.07, 6.45) is -0.452. The van der Waals surface area contributed by atoms with Crippen molar-refractivity contribution in [1.29, 1.82) is 0 Å². The first-order valence-electron chi connectivity index (χ1n) is 5.62. The molecule has 0 aromatic carbocycles. The fourth-order valence-electron chi connectivity index (χ4n) is 1.07. The van der Waals surface area contributed by atoms with Crippen LogP contribution in [0.5, 0.6) is 0 Å². The smallest absolute Gasteiger partial charge is 0.382 e. The highest BCUT2D eigenvalue weighted by Gasteiger charge is 2.24. The number of hydrogen-bond acceptors (Lipinski definition) is 7. The number of carbonyl (C=O) groups is 4. The summed E-state index contributed by atoms with van der Waals surface area (Å²) in [6.45, 7) is 0.163. The second-order valence-corrected chi connectivity index (χ2v) is 3.82. The first kappa shape index (κ1) is 17.5. The number of nitrogens with two attached hydrogens (primary N) is 4. The molecule has 10 heteroatoms. The first-order valence-corrected chi connectivity index (χ1v) is 5.62. The van der Waals surface area contributed by atoms with Crippen LogP contribution in [0.2, 0.25) is 0 Å². The Hall–Kier alpha value is -2.49. The minimum Gasteiger partial charge on any atom is -0.386 e. The number of primary amides is 1. The third-order valence-corrected chi connectivity index (χ3v) is 2.00. The van der Waals surface area contributed by atoms with Crippen molar-refractivity contribution in [3.8, 4) is 0 Å². The van der Waals surface area contributed by atoms with Crippen molar-refractivity contribution in [2.45, 2.75) is 25.3 Å². The molecule has 0 aliphatic rings. The molecule has 0 fully saturated rings. The zero-order valence-corrected chi connectivity index (χ0v) is 10.7. The van der Waals surface area contributed by atoms with Gasteiger partial charge in [-0.2, -0.15) is 0 Å². The molecule has 1 amide bonds. The summed E-state index contributed by atoms with van der Waals surface area (Å²) in [5, 5.41) is 0. The molecular formula is C10H17N5O5. The van der Waals surface area contributed by atoms with E-state index in [0.717, 1.165) is 0 Å². The SMILES string of the molecule is NC(=O)C[C@H](N)C(=O)OC(=O)C(=O)CCCN=C(N)N. The standard InChI is InChI=1S/C10H17N5O5/c11-5(4-7(12)17)8(18)20-9(19)6(16)2-1-3-15-10(13)14/h5H,1-4,11H2,(H2,12,17)(H4,13,14,15)/t5-/m0/s1. The van der Waals surface area contributed by atoms with Crippen molar-refractivity contribution in [1.82, 2.24) is 0 Å². The number of ether oxygens (including phenoxy) is 1. The summed E-state index contributed by atoms with van der Waals surface area (Å²) in [5.41, 5.74) is 20.2. The average Bonchev–Trinajstić information content (AvgIpc) is 2.32. The molecule has 0 saturated carbocycles. The van der Waals surface area contributed by atoms with Crippen LogP contribution < -0.4 is 22.9 Å². The van der Waals surface area contributed by atoms with Crippen LogP contribution in [-0.2, 0) is 23.9 Å². The third kappa shape index (κ3) is 7.76. The van der Waals surface area contributed by atoms with Crippen molar-refractivity contribution in [2.24, 2.45) is 27.9 Å². The van der Waals surface area contributed by atoms with Gasteiger partial charge in [0, 0.05) is 13.0 Å². The van der Waals surface area contributed by atoms with E-state index in [2.05, 4.69) is 9.73 Å². The van der Waals surface area contributed by atoms with Crippen molar-refractivity contribution in [3.05, 3.63) is 0 Å². The highest BCUT2D eigenvalue weighted by molar-refractivity contribution is 6.35. The van der Waals surface area contributed by atoms with Gasteiger partial charge in [0.25, 0.3) is 0 Å². The molecule has 0 aromatic rings. The largest absolute Gasteiger partial charge is 0.386 e. The van der Waals surface area contributed by atoms with E-state index in [4.69, 9.17) is 22.9 Å². The Morgan fingerprint density at radius 3 is 2.20 bits per heavy atom. The fraction of sp³-hybridized carbons (Fsp3) is 0.500. The monoisotopic (exact) mass is 287 g/mol. The van der Waals surface area contributed by atoms with Gasteiger partial charge in [0.15, 0.2) is 5.96 Å². The number of esters is 2. The van der Waals surface area contributed by atoms with Gasteiger partial charge in [-0.15, -0.1) is 0 Å². The number of hydrogen-bond donors (Lipinski definition) is 4. The van der Waals surface area contributed by atoms with E-state index < -0.39 is 36.1 Å². The molecule has 0 bridgehead atoms. The van der Waals surface area contributed by atoms with Crippen LogP contribution in [0.4, 0.5) is 0 Å². The molecule has 0 radical (unpaired) electrons. The third-order valence-electron chi connectivity index (χ3n) is 2.00. The predicted octanol–water partition coefficient (Wildman–Crippen LogP) is -3.12. The number of nitrogens with zero attached hydrogens (tertiary/aromatic N) is 1. The van der Waals surface area contributed by atoms with Gasteiger partial charge in [-0.05, 0) is 6.42 Å². The van der Waals surface area contributed by atoms with E-state index in [1.165, 1.54) is 0 Å². The van der Waals surface area contributed by atoms with Crippen LogP contribution in [0.3, 0.4) is 0 Å². The van der Waals surface area contributed by atoms with Crippen molar-refractivity contribution >= 4 is 29.6 Å². The summed E-state index contributed by atoms with van der Waals surface area (Å²) >= 11 is 0. The maximum Gasteiger partial charge on any atom is 0.382 e. The lowest BCUT2D eigenvalue weighted by atomic mass is 10.2. The average molecular weight is 287 g/mol. The summed E-state index contributed by atoms with van der Waals surface area (Å²) in [7, 11) is 0. The minimum absolute atomic E-state index is 0.132. The van der Waals surface area contributed by atoms with E-state index >= 15 is 0 Å². The topological polar surface area (TPSA) is 194 Å². The Morgan fingerprint density at radius 2 is 1.70 bits per heavy atom. The molecule has 1 atom stereocenters. The van der Waals surface area contributed by atoms with Crippen molar-refractivity contribution in [2.75, 3.05) is 6.54 Å². The van der Waals surface area contributed by atoms with Crippen LogP contribution in [0.15, 0.2) is 4.99 Å². The van der Waals surface area contributed by atoms with Crippen molar-refractivity contribution < 1.29 is 23.9 Å². The second-order valence-electron chi connectivity index (χ2n) is 3.82. The number of carbonyl (C=O) groups excluding carboxylic acids is 4. The Balaban J connectivity index is 4.13. The van der Waals surface area contributed by atoms with Gasteiger partial charge in [-0.25, -0.2) is 9.59 Å². The Bertz CT molecular complexity index is 430. The number of ketones is 1. The number of rotatable bonds is 8. The zero-order valence-electron chi connectivity index (χ0n) is 10.7. The van der Waals surface area contributed by atoms with E-state index in [9.17, 15) is 19.2 Å². The summed E-state index contributed by atoms with van der Waals surface area (Å²) < 4.78 is 4.21. The predicted molar refractivity (Wildman–Crippen MR) is 67.8 cm³/mol. The molecule has 0 heterocycles. The number of guanidine groups is 1. The Kier molecular flexibility index (Phi) is 7.52. The molecule has 0 saturated heterocycles. The molecule has 0 unspecified atom stereocenters. The maximum absolute atomic E-state index is 11.3. The van der Waals surface area contributed by atoms with Crippen molar-refractivity contribution in [3.63, 3.8) is 0 Å². The van der Waals surface area contributed by atoms with E-state index in [-0.39, 0.29) is 25.3 Å². The molecule has 8 N–H and O–H groups in total. The molecule has 20 heavy (non-hydrogen) atoms. The Labute approximate surface area is 114 Å². The first-order chi connectivity index (χ1) is 9.23. The number of amides is 1. The second kappa shape index (κ2) is 8.58. The van der Waals surface area contributed by atoms with Crippen LogP contribution in [0.25, 0.3) is 0 Å². The van der Waals surface area contributed by atoms with Gasteiger partial charge in [0.2, 0.25) is 11.7 Å². The Morgan fingerprint density at radius 1 is 1.10 bits per heavy atom. The molecule has 10 nitrogen and oxygen atoms in total. The molecular weight excluding hydrogens is 270 g/mol. The number of Topliss-reactive ketones (excluding diaryl/α,β-unsaturated/α-hetero) is 1. The molecule has 112 valence electrons. The lowest BCUT2D eigenvalue weighted by molar-refractivity contribution is -0.165. The van der Waals surface area contributed by atoms with Crippen LogP contribution in [-0.4, -0.2) is 42.2 Å². The fourth-order valence-corrected chi connectivity index (χ4v) is 1.07. The van der Waals surface area contributed by atoms with Gasteiger partial charge < -0.3 is 27.7 Å². The van der Waals surface area contributed by atoms with E-state index in [0.29, 0.717) is 0 Å². The highest BCUT2D eigenvalue weighted by Crippen LogP contribution is 1.97. The lowest BCUT2D eigenvalue weighted by Crippen LogP contribution is -2.38. The maximum atomic E-state index is 11.3. The summed E-state index contributed by atoms with van der Waals surface area (Å²) in [5.74, 6) is -4.42. The minimum atomic E-state index is -1.38. The van der Waals surface area contributed by atoms with Crippen LogP contribution in [0, 0.1) is 0 Å². The van der Waals surface area contributed by atoms with Gasteiger partial charge in [0.05, 0.1) is 6.42 Å². The lowest BCUT2D eigenvalue weighted by Gasteiger charge is -2.07.